The number of piperidine rings is 1. The first-order chi connectivity index (χ1) is 8.33. The van der Waals surface area contributed by atoms with Crippen molar-refractivity contribution >= 4 is 0 Å². The standard InChI is InChI=1S/C15H22N2/c1-13-11-16-9-7-15(8-10-16)17(13)12-14-5-3-2-4-6-14/h2-6,13,15H,7-12H2,1H3. The summed E-state index contributed by atoms with van der Waals surface area (Å²) in [5, 5.41) is 0. The van der Waals surface area contributed by atoms with Crippen molar-refractivity contribution in [3.63, 3.8) is 0 Å². The zero-order valence-corrected chi connectivity index (χ0v) is 10.7. The molecule has 3 saturated heterocycles. The molecule has 2 nitrogen and oxygen atoms in total. The van der Waals surface area contributed by atoms with Gasteiger partial charge in [0.1, 0.15) is 0 Å². The molecular formula is C15H22N2. The van der Waals surface area contributed by atoms with Crippen molar-refractivity contribution in [2.24, 2.45) is 0 Å². The van der Waals surface area contributed by atoms with Gasteiger partial charge in [-0.25, -0.2) is 0 Å². The molecular weight excluding hydrogens is 208 g/mol. The first-order valence-electron chi connectivity index (χ1n) is 6.85. The molecule has 3 aliphatic heterocycles. The fourth-order valence-corrected chi connectivity index (χ4v) is 3.35. The summed E-state index contributed by atoms with van der Waals surface area (Å²) in [5.41, 5.74) is 1.46. The van der Waals surface area contributed by atoms with Crippen LogP contribution in [-0.4, -0.2) is 41.5 Å². The molecule has 0 radical (unpaired) electrons. The maximum Gasteiger partial charge on any atom is 0.0240 e. The Kier molecular flexibility index (Phi) is 3.17. The third-order valence-corrected chi connectivity index (χ3v) is 4.32. The van der Waals surface area contributed by atoms with Gasteiger partial charge in [-0.05, 0) is 38.4 Å². The van der Waals surface area contributed by atoms with Crippen LogP contribution in [0.4, 0.5) is 0 Å². The van der Waals surface area contributed by atoms with Crippen LogP contribution in [0.25, 0.3) is 0 Å². The first-order valence-corrected chi connectivity index (χ1v) is 6.85. The summed E-state index contributed by atoms with van der Waals surface area (Å²) in [4.78, 5) is 5.36. The molecule has 0 amide bonds. The molecule has 2 bridgehead atoms. The molecule has 1 unspecified atom stereocenters. The predicted octanol–water partition coefficient (Wildman–Crippen LogP) is 2.36. The Labute approximate surface area is 104 Å². The van der Waals surface area contributed by atoms with E-state index in [2.05, 4.69) is 47.1 Å². The minimum Gasteiger partial charge on any atom is -0.302 e. The molecule has 3 aliphatic rings. The van der Waals surface area contributed by atoms with Crippen LogP contribution in [-0.2, 0) is 6.54 Å². The highest BCUT2D eigenvalue weighted by Crippen LogP contribution is 2.26. The van der Waals surface area contributed by atoms with Crippen molar-refractivity contribution < 1.29 is 0 Å². The molecule has 1 aromatic rings. The number of nitrogens with zero attached hydrogens (tertiary/aromatic N) is 2. The summed E-state index contributed by atoms with van der Waals surface area (Å²) >= 11 is 0. The molecule has 17 heavy (non-hydrogen) atoms. The van der Waals surface area contributed by atoms with E-state index in [1.54, 1.807) is 0 Å². The number of rotatable bonds is 2. The lowest BCUT2D eigenvalue weighted by atomic mass is 10.0. The van der Waals surface area contributed by atoms with Gasteiger partial charge in [0.05, 0.1) is 0 Å². The summed E-state index contributed by atoms with van der Waals surface area (Å²) in [7, 11) is 0. The van der Waals surface area contributed by atoms with Crippen LogP contribution in [0.5, 0.6) is 0 Å². The second-order valence-electron chi connectivity index (χ2n) is 5.54. The van der Waals surface area contributed by atoms with Gasteiger partial charge in [0.2, 0.25) is 0 Å². The molecule has 3 heterocycles. The maximum absolute atomic E-state index is 2.72. The zero-order chi connectivity index (χ0) is 11.7. The average molecular weight is 230 g/mol. The van der Waals surface area contributed by atoms with Gasteiger partial charge in [-0.1, -0.05) is 30.3 Å². The SMILES string of the molecule is CC1CN2CCC(CC2)N1Cc1ccccc1. The monoisotopic (exact) mass is 230 g/mol. The van der Waals surface area contributed by atoms with E-state index < -0.39 is 0 Å². The lowest BCUT2D eigenvalue weighted by Gasteiger charge is -2.33. The minimum absolute atomic E-state index is 0.699. The molecule has 1 atom stereocenters. The molecule has 0 aliphatic carbocycles. The van der Waals surface area contributed by atoms with Crippen molar-refractivity contribution in [3.05, 3.63) is 35.9 Å². The van der Waals surface area contributed by atoms with Gasteiger partial charge in [0, 0.05) is 25.2 Å². The van der Waals surface area contributed by atoms with E-state index in [1.165, 1.54) is 38.0 Å². The fourth-order valence-electron chi connectivity index (χ4n) is 3.35. The largest absolute Gasteiger partial charge is 0.302 e. The third kappa shape index (κ3) is 2.38. The lowest BCUT2D eigenvalue weighted by Crippen LogP contribution is -2.40. The highest BCUT2D eigenvalue weighted by Gasteiger charge is 2.32. The Morgan fingerprint density at radius 2 is 1.82 bits per heavy atom. The van der Waals surface area contributed by atoms with Crippen LogP contribution in [0.3, 0.4) is 0 Å². The highest BCUT2D eigenvalue weighted by molar-refractivity contribution is 5.15. The number of benzene rings is 1. The van der Waals surface area contributed by atoms with Gasteiger partial charge in [-0.15, -0.1) is 0 Å². The Hall–Kier alpha value is -0.860. The second kappa shape index (κ2) is 4.79. The molecule has 1 aromatic carbocycles. The molecule has 2 heteroatoms. The van der Waals surface area contributed by atoms with Crippen LogP contribution < -0.4 is 0 Å². The second-order valence-corrected chi connectivity index (χ2v) is 5.54. The van der Waals surface area contributed by atoms with Crippen LogP contribution >= 0.6 is 0 Å². The summed E-state index contributed by atoms with van der Waals surface area (Å²) < 4.78 is 0. The summed E-state index contributed by atoms with van der Waals surface area (Å²) in [5.74, 6) is 0. The minimum atomic E-state index is 0.699. The smallest absolute Gasteiger partial charge is 0.0240 e. The number of hydrogen-bond acceptors (Lipinski definition) is 2. The zero-order valence-electron chi connectivity index (χ0n) is 10.7. The van der Waals surface area contributed by atoms with Gasteiger partial charge in [0.25, 0.3) is 0 Å². The summed E-state index contributed by atoms with van der Waals surface area (Å²) in [6.45, 7) is 7.38. The van der Waals surface area contributed by atoms with Crippen LogP contribution in [0.15, 0.2) is 30.3 Å². The average Bonchev–Trinajstić information content (AvgIpc) is 2.60. The Morgan fingerprint density at radius 3 is 2.53 bits per heavy atom. The molecule has 92 valence electrons. The number of hydrogen-bond donors (Lipinski definition) is 0. The Bertz CT molecular complexity index is 354. The summed E-state index contributed by atoms with van der Waals surface area (Å²) in [6.07, 6.45) is 2.72. The topological polar surface area (TPSA) is 6.48 Å². The first kappa shape index (κ1) is 11.2. The van der Waals surface area contributed by atoms with Gasteiger partial charge in [-0.2, -0.15) is 0 Å². The molecule has 0 saturated carbocycles. The quantitative estimate of drug-likeness (QED) is 0.769. The lowest BCUT2D eigenvalue weighted by molar-refractivity contribution is 0.143. The predicted molar refractivity (Wildman–Crippen MR) is 70.9 cm³/mol. The molecule has 0 aromatic heterocycles. The maximum atomic E-state index is 2.72. The number of fused-ring (bicyclic) bond motifs is 4. The van der Waals surface area contributed by atoms with Crippen molar-refractivity contribution in [2.75, 3.05) is 19.6 Å². The van der Waals surface area contributed by atoms with Crippen molar-refractivity contribution in [1.29, 1.82) is 0 Å². The van der Waals surface area contributed by atoms with Gasteiger partial charge < -0.3 is 4.90 Å². The fraction of sp³-hybridized carbons (Fsp3) is 0.600. The van der Waals surface area contributed by atoms with E-state index >= 15 is 0 Å². The van der Waals surface area contributed by atoms with Gasteiger partial charge in [-0.3, -0.25) is 4.90 Å². The third-order valence-electron chi connectivity index (χ3n) is 4.32. The van der Waals surface area contributed by atoms with E-state index in [-0.39, 0.29) is 0 Å². The van der Waals surface area contributed by atoms with Crippen LogP contribution in [0, 0.1) is 0 Å². The normalized spacial score (nSPS) is 33.6. The van der Waals surface area contributed by atoms with E-state index in [1.807, 2.05) is 0 Å². The van der Waals surface area contributed by atoms with E-state index in [4.69, 9.17) is 0 Å². The van der Waals surface area contributed by atoms with E-state index in [0.717, 1.165) is 12.6 Å². The van der Waals surface area contributed by atoms with Gasteiger partial charge in [0.15, 0.2) is 0 Å². The molecule has 3 fully saturated rings. The van der Waals surface area contributed by atoms with Crippen LogP contribution in [0.1, 0.15) is 25.3 Å². The van der Waals surface area contributed by atoms with Gasteiger partial charge >= 0.3 is 0 Å². The van der Waals surface area contributed by atoms with E-state index in [9.17, 15) is 0 Å². The molecule has 0 N–H and O–H groups in total. The molecule has 0 spiro atoms. The highest BCUT2D eigenvalue weighted by atomic mass is 15.3. The van der Waals surface area contributed by atoms with Crippen LogP contribution in [0.2, 0.25) is 0 Å². The van der Waals surface area contributed by atoms with Crippen molar-refractivity contribution in [3.8, 4) is 0 Å². The molecule has 4 rings (SSSR count). The Morgan fingerprint density at radius 1 is 1.12 bits per heavy atom. The summed E-state index contributed by atoms with van der Waals surface area (Å²) in [6, 6.07) is 12.4. The van der Waals surface area contributed by atoms with Crippen molar-refractivity contribution in [1.82, 2.24) is 9.80 Å². The Balaban J connectivity index is 1.76. The van der Waals surface area contributed by atoms with Crippen molar-refractivity contribution in [2.45, 2.75) is 38.4 Å². The van der Waals surface area contributed by atoms with E-state index in [0.29, 0.717) is 6.04 Å².